The molecule has 0 spiro atoms. The van der Waals surface area contributed by atoms with Crippen LogP contribution in [0.4, 0.5) is 0 Å². The second kappa shape index (κ2) is 7.18. The molecule has 0 unspecified atom stereocenters. The molecule has 0 radical (unpaired) electrons. The van der Waals surface area contributed by atoms with Crippen LogP contribution in [-0.2, 0) is 4.79 Å². The Kier molecular flexibility index (Phi) is 5.01. The molecule has 0 aliphatic carbocycles. The van der Waals surface area contributed by atoms with Gasteiger partial charge in [0.05, 0.1) is 0 Å². The lowest BCUT2D eigenvalue weighted by molar-refractivity contribution is -0.119. The molecule has 0 N–H and O–H groups in total. The molecule has 1 aromatic heterocycles. The van der Waals surface area contributed by atoms with Crippen LogP contribution in [0.1, 0.15) is 35.6 Å². The fourth-order valence-electron chi connectivity index (χ4n) is 2.91. The van der Waals surface area contributed by atoms with E-state index in [1.165, 1.54) is 20.9 Å². The summed E-state index contributed by atoms with van der Waals surface area (Å²) in [6.07, 6.45) is 4.94. The normalized spacial score (nSPS) is 15.7. The fourth-order valence-corrected chi connectivity index (χ4v) is 3.79. The van der Waals surface area contributed by atoms with Gasteiger partial charge < -0.3 is 4.90 Å². The van der Waals surface area contributed by atoms with Crippen molar-refractivity contribution in [3.05, 3.63) is 53.3 Å². The Morgan fingerprint density at radius 1 is 1.09 bits per heavy atom. The van der Waals surface area contributed by atoms with Crippen molar-refractivity contribution in [2.24, 2.45) is 0 Å². The number of piperidine rings is 1. The minimum Gasteiger partial charge on any atom is -0.345 e. The third-order valence-electron chi connectivity index (χ3n) is 4.57. The Bertz CT molecular complexity index is 676. The summed E-state index contributed by atoms with van der Waals surface area (Å²) in [7, 11) is 0. The number of benzene rings is 1. The van der Waals surface area contributed by atoms with Gasteiger partial charge in [-0.2, -0.15) is 0 Å². The number of pyridine rings is 1. The number of hydrogen-bond donors (Lipinski definition) is 0. The van der Waals surface area contributed by atoms with Crippen LogP contribution in [-0.4, -0.2) is 29.4 Å². The molecule has 0 saturated carbocycles. The summed E-state index contributed by atoms with van der Waals surface area (Å²) in [6, 6.07) is 10.9. The summed E-state index contributed by atoms with van der Waals surface area (Å²) in [5.74, 6) is 0.479. The summed E-state index contributed by atoms with van der Waals surface area (Å²) in [6.45, 7) is 5.96. The van der Waals surface area contributed by atoms with E-state index < -0.39 is 0 Å². The molecule has 2 aromatic rings. The Morgan fingerprint density at radius 3 is 2.43 bits per heavy atom. The van der Waals surface area contributed by atoms with E-state index in [0.717, 1.165) is 38.0 Å². The number of amides is 1. The largest absolute Gasteiger partial charge is 0.345 e. The zero-order valence-corrected chi connectivity index (χ0v) is 14.5. The zero-order chi connectivity index (χ0) is 16.2. The molecular weight excluding hydrogens is 304 g/mol. The number of nitrogens with zero attached hydrogens (tertiary/aromatic N) is 2. The average molecular weight is 326 g/mol. The topological polar surface area (TPSA) is 33.2 Å². The monoisotopic (exact) mass is 326 g/mol. The van der Waals surface area contributed by atoms with Crippen molar-refractivity contribution in [3.63, 3.8) is 0 Å². The number of likely N-dealkylation sites (tertiary alicyclic amines) is 1. The number of hydrogen-bond acceptors (Lipinski definition) is 3. The zero-order valence-electron chi connectivity index (χ0n) is 13.7. The van der Waals surface area contributed by atoms with Crippen LogP contribution >= 0.6 is 11.8 Å². The van der Waals surface area contributed by atoms with Crippen molar-refractivity contribution in [2.75, 3.05) is 13.1 Å². The van der Waals surface area contributed by atoms with Gasteiger partial charge in [0.1, 0.15) is 0 Å². The number of aryl methyl sites for hydroxylation is 2. The molecule has 0 atom stereocenters. The number of carbonyl (C=O) groups excluding carboxylic acids is 1. The molecule has 3 rings (SSSR count). The van der Waals surface area contributed by atoms with Crippen LogP contribution in [0.2, 0.25) is 0 Å². The minimum absolute atomic E-state index is 0.479. The second-order valence-corrected chi connectivity index (χ2v) is 7.33. The molecule has 1 saturated heterocycles. The van der Waals surface area contributed by atoms with E-state index in [9.17, 15) is 4.79 Å². The molecule has 1 aromatic carbocycles. The van der Waals surface area contributed by atoms with Gasteiger partial charge in [-0.05, 0) is 62.1 Å². The van der Waals surface area contributed by atoms with Crippen molar-refractivity contribution >= 4 is 18.2 Å². The molecule has 1 fully saturated rings. The third-order valence-corrected chi connectivity index (χ3v) is 5.54. The summed E-state index contributed by atoms with van der Waals surface area (Å²) in [4.78, 5) is 19.7. The first-order valence-corrected chi connectivity index (χ1v) is 8.88. The molecule has 3 nitrogen and oxygen atoms in total. The van der Waals surface area contributed by atoms with Gasteiger partial charge in [-0.1, -0.05) is 17.8 Å². The average Bonchev–Trinajstić information content (AvgIpc) is 2.59. The maximum Gasteiger partial charge on any atom is 0.209 e. The van der Waals surface area contributed by atoms with E-state index >= 15 is 0 Å². The van der Waals surface area contributed by atoms with E-state index in [4.69, 9.17) is 0 Å². The van der Waals surface area contributed by atoms with Crippen LogP contribution in [0.15, 0.2) is 46.3 Å². The van der Waals surface area contributed by atoms with Gasteiger partial charge in [0.2, 0.25) is 6.41 Å². The maximum atomic E-state index is 10.8. The standard InChI is InChI=1S/C19H22N2OS/c1-14-3-4-17(11-15(14)2)23-18-5-6-19(20-12-18)16-7-9-21(13-22)10-8-16/h3-6,11-13,16H,7-10H2,1-2H3. The van der Waals surface area contributed by atoms with Gasteiger partial charge in [0, 0.05) is 40.7 Å². The molecule has 120 valence electrons. The molecule has 23 heavy (non-hydrogen) atoms. The summed E-state index contributed by atoms with van der Waals surface area (Å²) < 4.78 is 0. The lowest BCUT2D eigenvalue weighted by Crippen LogP contribution is -2.31. The highest BCUT2D eigenvalue weighted by molar-refractivity contribution is 7.99. The Hall–Kier alpha value is -1.81. The minimum atomic E-state index is 0.479. The van der Waals surface area contributed by atoms with Crippen molar-refractivity contribution in [1.82, 2.24) is 9.88 Å². The van der Waals surface area contributed by atoms with Crippen LogP contribution in [0.5, 0.6) is 0 Å². The lowest BCUT2D eigenvalue weighted by atomic mass is 9.93. The van der Waals surface area contributed by atoms with E-state index in [0.29, 0.717) is 5.92 Å². The first-order chi connectivity index (χ1) is 11.2. The molecule has 0 bridgehead atoms. The summed E-state index contributed by atoms with van der Waals surface area (Å²) >= 11 is 1.75. The van der Waals surface area contributed by atoms with Crippen LogP contribution in [0.3, 0.4) is 0 Å². The molecule has 1 aliphatic rings. The molecule has 1 amide bonds. The number of aromatic nitrogens is 1. The van der Waals surface area contributed by atoms with Gasteiger partial charge in [-0.15, -0.1) is 0 Å². The van der Waals surface area contributed by atoms with Gasteiger partial charge in [-0.3, -0.25) is 9.78 Å². The quantitative estimate of drug-likeness (QED) is 0.790. The highest BCUT2D eigenvalue weighted by Crippen LogP contribution is 2.31. The van der Waals surface area contributed by atoms with E-state index in [1.807, 2.05) is 11.1 Å². The number of rotatable bonds is 4. The maximum absolute atomic E-state index is 10.8. The van der Waals surface area contributed by atoms with Crippen molar-refractivity contribution in [2.45, 2.75) is 42.4 Å². The smallest absolute Gasteiger partial charge is 0.209 e. The second-order valence-electron chi connectivity index (χ2n) is 6.18. The van der Waals surface area contributed by atoms with Crippen LogP contribution in [0.25, 0.3) is 0 Å². The SMILES string of the molecule is Cc1ccc(Sc2ccc(C3CCN(C=O)CC3)nc2)cc1C. The predicted molar refractivity (Wildman–Crippen MR) is 93.9 cm³/mol. The highest BCUT2D eigenvalue weighted by atomic mass is 32.2. The van der Waals surface area contributed by atoms with E-state index in [-0.39, 0.29) is 0 Å². The highest BCUT2D eigenvalue weighted by Gasteiger charge is 2.20. The first kappa shape index (κ1) is 16.1. The molecule has 2 heterocycles. The van der Waals surface area contributed by atoms with Crippen molar-refractivity contribution in [1.29, 1.82) is 0 Å². The molecule has 1 aliphatic heterocycles. The summed E-state index contributed by atoms with van der Waals surface area (Å²) in [5, 5.41) is 0. The fraction of sp³-hybridized carbons (Fsp3) is 0.368. The Morgan fingerprint density at radius 2 is 1.83 bits per heavy atom. The third kappa shape index (κ3) is 3.94. The van der Waals surface area contributed by atoms with Crippen molar-refractivity contribution < 1.29 is 4.79 Å². The predicted octanol–water partition coefficient (Wildman–Crippen LogP) is 4.19. The Balaban J connectivity index is 1.65. The number of carbonyl (C=O) groups is 1. The van der Waals surface area contributed by atoms with Gasteiger partial charge in [-0.25, -0.2) is 0 Å². The molecular formula is C19H22N2OS. The van der Waals surface area contributed by atoms with E-state index in [1.54, 1.807) is 11.8 Å². The summed E-state index contributed by atoms with van der Waals surface area (Å²) in [5.41, 5.74) is 3.80. The molecule has 4 heteroatoms. The first-order valence-electron chi connectivity index (χ1n) is 8.06. The van der Waals surface area contributed by atoms with Crippen molar-refractivity contribution in [3.8, 4) is 0 Å². The Labute approximate surface area is 142 Å². The van der Waals surface area contributed by atoms with Gasteiger partial charge >= 0.3 is 0 Å². The van der Waals surface area contributed by atoms with Crippen LogP contribution in [0, 0.1) is 13.8 Å². The van der Waals surface area contributed by atoms with Gasteiger partial charge in [0.15, 0.2) is 0 Å². The van der Waals surface area contributed by atoms with Gasteiger partial charge in [0.25, 0.3) is 0 Å². The lowest BCUT2D eigenvalue weighted by Gasteiger charge is -2.28. The van der Waals surface area contributed by atoms with Crippen LogP contribution < -0.4 is 0 Å². The van der Waals surface area contributed by atoms with E-state index in [2.05, 4.69) is 49.2 Å².